The lowest BCUT2D eigenvalue weighted by molar-refractivity contribution is 0.533. The third kappa shape index (κ3) is 2.37. The van der Waals surface area contributed by atoms with Crippen LogP contribution in [-0.2, 0) is 6.42 Å². The van der Waals surface area contributed by atoms with Gasteiger partial charge in [0.1, 0.15) is 0 Å². The molecule has 4 rings (SSSR count). The Morgan fingerprint density at radius 1 is 0.920 bits per heavy atom. The van der Waals surface area contributed by atoms with Crippen LogP contribution in [0.5, 0.6) is 0 Å². The minimum atomic E-state index is 1.06. The maximum Gasteiger partial charge on any atom is 0.0493 e. The number of hydrogen-bond acceptors (Lipinski definition) is 1. The van der Waals surface area contributed by atoms with Gasteiger partial charge in [-0.15, -0.1) is 0 Å². The van der Waals surface area contributed by atoms with E-state index in [1.807, 2.05) is 0 Å². The molecular formula is C24H27N. The van der Waals surface area contributed by atoms with Crippen LogP contribution in [0.25, 0.3) is 17.5 Å². The fourth-order valence-corrected chi connectivity index (χ4v) is 4.28. The summed E-state index contributed by atoms with van der Waals surface area (Å²) in [6, 6.07) is 9.33. The molecule has 128 valence electrons. The summed E-state index contributed by atoms with van der Waals surface area (Å²) in [7, 11) is 0. The second-order valence-corrected chi connectivity index (χ2v) is 7.85. The van der Waals surface area contributed by atoms with Gasteiger partial charge < -0.3 is 4.90 Å². The van der Waals surface area contributed by atoms with Gasteiger partial charge in [0.15, 0.2) is 0 Å². The molecule has 2 aromatic carbocycles. The maximum atomic E-state index is 2.56. The molecule has 25 heavy (non-hydrogen) atoms. The minimum absolute atomic E-state index is 1.06. The Kier molecular flexibility index (Phi) is 3.64. The smallest absolute Gasteiger partial charge is 0.0493 e. The molecule has 0 amide bonds. The lowest BCUT2D eigenvalue weighted by atomic mass is 9.84. The number of benzene rings is 2. The number of fused-ring (bicyclic) bond motifs is 4. The molecule has 1 heteroatoms. The van der Waals surface area contributed by atoms with Gasteiger partial charge in [-0.05, 0) is 93.5 Å². The average Bonchev–Trinajstić information content (AvgIpc) is 2.57. The Bertz CT molecular complexity index is 953. The quantitative estimate of drug-likeness (QED) is 0.569. The van der Waals surface area contributed by atoms with E-state index < -0.39 is 0 Å². The van der Waals surface area contributed by atoms with Crippen molar-refractivity contribution in [2.45, 2.75) is 48.0 Å². The molecule has 0 bridgehead atoms. The highest BCUT2D eigenvalue weighted by molar-refractivity contribution is 5.96. The zero-order chi connectivity index (χ0) is 17.9. The van der Waals surface area contributed by atoms with Gasteiger partial charge in [0, 0.05) is 29.1 Å². The topological polar surface area (TPSA) is 3.24 Å². The van der Waals surface area contributed by atoms with Crippen molar-refractivity contribution in [2.24, 2.45) is 0 Å². The molecule has 0 fully saturated rings. The first kappa shape index (κ1) is 16.2. The maximum absolute atomic E-state index is 2.56. The van der Waals surface area contributed by atoms with Crippen molar-refractivity contribution in [3.05, 3.63) is 74.3 Å². The van der Waals surface area contributed by atoms with Gasteiger partial charge in [0.05, 0.1) is 0 Å². The van der Waals surface area contributed by atoms with Gasteiger partial charge in [0.2, 0.25) is 0 Å². The summed E-state index contributed by atoms with van der Waals surface area (Å²) in [6.07, 6.45) is 3.52. The molecule has 0 spiro atoms. The normalized spacial score (nSPS) is 15.4. The molecular weight excluding hydrogens is 302 g/mol. The van der Waals surface area contributed by atoms with E-state index in [1.54, 1.807) is 0 Å². The summed E-state index contributed by atoms with van der Waals surface area (Å²) < 4.78 is 0. The van der Waals surface area contributed by atoms with Gasteiger partial charge in [-0.1, -0.05) is 23.8 Å². The van der Waals surface area contributed by atoms with Gasteiger partial charge in [-0.3, -0.25) is 0 Å². The Hall–Kier alpha value is -2.28. The summed E-state index contributed by atoms with van der Waals surface area (Å²) in [5.41, 5.74) is 15.4. The van der Waals surface area contributed by atoms with Gasteiger partial charge >= 0.3 is 0 Å². The van der Waals surface area contributed by atoms with Crippen molar-refractivity contribution in [3.8, 4) is 0 Å². The molecule has 2 aromatic rings. The first-order chi connectivity index (χ1) is 11.9. The summed E-state index contributed by atoms with van der Waals surface area (Å²) in [6.45, 7) is 14.5. The molecule has 2 aliphatic rings. The molecule has 0 saturated heterocycles. The Morgan fingerprint density at radius 2 is 1.64 bits per heavy atom. The van der Waals surface area contributed by atoms with Crippen LogP contribution < -0.4 is 0 Å². The van der Waals surface area contributed by atoms with Crippen molar-refractivity contribution in [1.29, 1.82) is 0 Å². The number of allylic oxidation sites excluding steroid dienone is 1. The summed E-state index contributed by atoms with van der Waals surface area (Å²) in [5.74, 6) is 0. The van der Waals surface area contributed by atoms with E-state index in [4.69, 9.17) is 0 Å². The highest BCUT2D eigenvalue weighted by atomic mass is 15.2. The second-order valence-electron chi connectivity index (χ2n) is 7.85. The van der Waals surface area contributed by atoms with Crippen molar-refractivity contribution in [2.75, 3.05) is 6.54 Å². The van der Waals surface area contributed by atoms with E-state index in [-0.39, 0.29) is 0 Å². The zero-order valence-corrected chi connectivity index (χ0v) is 16.2. The summed E-state index contributed by atoms with van der Waals surface area (Å²) in [4.78, 5) is 2.56. The Labute approximate surface area is 151 Å². The van der Waals surface area contributed by atoms with E-state index in [0.717, 1.165) is 13.0 Å². The zero-order valence-electron chi connectivity index (χ0n) is 16.2. The fourth-order valence-electron chi connectivity index (χ4n) is 4.28. The second kappa shape index (κ2) is 5.62. The molecule has 0 saturated carbocycles. The number of aryl methyl sites for hydroxylation is 3. The number of rotatable bonds is 0. The number of nitrogens with zero attached hydrogens (tertiary/aromatic N) is 1. The van der Waals surface area contributed by atoms with E-state index in [1.165, 1.54) is 61.5 Å². The highest BCUT2D eigenvalue weighted by Gasteiger charge is 2.30. The van der Waals surface area contributed by atoms with Gasteiger partial charge in [0.25, 0.3) is 0 Å². The number of hydrogen-bond donors (Lipinski definition) is 0. The van der Waals surface area contributed by atoms with E-state index in [2.05, 4.69) is 76.8 Å². The standard InChI is InChI=1S/C24H27N/c1-14(2)24-23-18(6)15(3)7-8-20(23)13-22-21-12-17(5)16(4)11-19(21)9-10-25(22)24/h7-8,11-13H,9-10H2,1-6H3. The van der Waals surface area contributed by atoms with Crippen molar-refractivity contribution in [1.82, 2.24) is 4.90 Å². The van der Waals surface area contributed by atoms with E-state index in [0.29, 0.717) is 0 Å². The van der Waals surface area contributed by atoms with Crippen LogP contribution in [0, 0.1) is 27.7 Å². The molecule has 0 aliphatic carbocycles. The van der Waals surface area contributed by atoms with E-state index in [9.17, 15) is 0 Å². The third-order valence-corrected chi connectivity index (χ3v) is 5.93. The molecule has 0 unspecified atom stereocenters. The average molecular weight is 329 g/mol. The monoisotopic (exact) mass is 329 g/mol. The van der Waals surface area contributed by atoms with Crippen molar-refractivity contribution < 1.29 is 0 Å². The van der Waals surface area contributed by atoms with Crippen LogP contribution in [0.15, 0.2) is 29.8 Å². The van der Waals surface area contributed by atoms with Gasteiger partial charge in [-0.2, -0.15) is 0 Å². The Balaban J connectivity index is 2.03. The molecule has 0 aromatic heterocycles. The largest absolute Gasteiger partial charge is 0.340 e. The SMILES string of the molecule is CC(C)=C1c2c(ccc(C)c2C)C=C2c3cc(C)c(C)cc3CCN21. The lowest BCUT2D eigenvalue weighted by Crippen LogP contribution is -2.31. The van der Waals surface area contributed by atoms with Crippen LogP contribution in [0.3, 0.4) is 0 Å². The lowest BCUT2D eigenvalue weighted by Gasteiger charge is -2.40. The molecule has 0 atom stereocenters. The summed E-state index contributed by atoms with van der Waals surface area (Å²) in [5, 5.41) is 0. The molecule has 2 aliphatic heterocycles. The van der Waals surface area contributed by atoms with Gasteiger partial charge in [-0.25, -0.2) is 0 Å². The van der Waals surface area contributed by atoms with Crippen LogP contribution >= 0.6 is 0 Å². The first-order valence-corrected chi connectivity index (χ1v) is 9.26. The summed E-state index contributed by atoms with van der Waals surface area (Å²) >= 11 is 0. The van der Waals surface area contributed by atoms with Crippen LogP contribution in [0.2, 0.25) is 0 Å². The highest BCUT2D eigenvalue weighted by Crippen LogP contribution is 2.44. The molecule has 2 heterocycles. The van der Waals surface area contributed by atoms with Crippen LogP contribution in [-0.4, -0.2) is 11.4 Å². The minimum Gasteiger partial charge on any atom is -0.340 e. The first-order valence-electron chi connectivity index (χ1n) is 9.26. The van der Waals surface area contributed by atoms with Crippen molar-refractivity contribution >= 4 is 17.5 Å². The predicted molar refractivity (Wildman–Crippen MR) is 108 cm³/mol. The van der Waals surface area contributed by atoms with Crippen LogP contribution in [0.1, 0.15) is 58.4 Å². The van der Waals surface area contributed by atoms with E-state index >= 15 is 0 Å². The Morgan fingerprint density at radius 3 is 2.36 bits per heavy atom. The third-order valence-electron chi connectivity index (χ3n) is 5.93. The van der Waals surface area contributed by atoms with Crippen LogP contribution in [0.4, 0.5) is 0 Å². The predicted octanol–water partition coefficient (Wildman–Crippen LogP) is 6.04. The fraction of sp³-hybridized carbons (Fsp3) is 0.333. The molecule has 0 N–H and O–H groups in total. The van der Waals surface area contributed by atoms with Crippen molar-refractivity contribution in [3.63, 3.8) is 0 Å². The molecule has 0 radical (unpaired) electrons. The molecule has 1 nitrogen and oxygen atoms in total.